The van der Waals surface area contributed by atoms with Crippen molar-refractivity contribution >= 4 is 0 Å². The average molecular weight is 449 g/mol. The fraction of sp³-hybridized carbons (Fsp3) is 1.00. The van der Waals surface area contributed by atoms with E-state index in [4.69, 9.17) is 18.9 Å². The first-order valence-corrected chi connectivity index (χ1v) is 13.6. The van der Waals surface area contributed by atoms with Crippen LogP contribution in [0.1, 0.15) is 125 Å². The van der Waals surface area contributed by atoms with Crippen LogP contribution >= 0.6 is 0 Å². The van der Waals surface area contributed by atoms with E-state index in [1.165, 1.54) is 83.5 Å². The molecule has 0 spiro atoms. The number of hydrogen-bond donors (Lipinski definition) is 0. The van der Waals surface area contributed by atoms with Crippen LogP contribution in [-0.4, -0.2) is 52.9 Å². The van der Waals surface area contributed by atoms with Gasteiger partial charge in [0.25, 0.3) is 0 Å². The van der Waals surface area contributed by atoms with Crippen molar-refractivity contribution < 1.29 is 18.9 Å². The third kappa shape index (κ3) is 48.5. The Labute approximate surface area is 197 Å². The quantitative estimate of drug-likeness (QED) is 0.156. The Bertz CT molecular complexity index is 227. The Hall–Kier alpha value is -0.160. The van der Waals surface area contributed by atoms with Crippen LogP contribution in [-0.2, 0) is 18.9 Å². The first-order valence-electron chi connectivity index (χ1n) is 13.6. The van der Waals surface area contributed by atoms with E-state index in [9.17, 15) is 0 Å². The van der Waals surface area contributed by atoms with Crippen molar-refractivity contribution in [2.45, 2.75) is 125 Å². The first kappa shape index (κ1) is 35.4. The molecule has 0 unspecified atom stereocenters. The van der Waals surface area contributed by atoms with Crippen molar-refractivity contribution in [3.8, 4) is 0 Å². The highest BCUT2D eigenvalue weighted by Crippen LogP contribution is 2.01. The molecular formula is C27H60O4. The Morgan fingerprint density at radius 1 is 0.290 bits per heavy atom. The zero-order valence-electron chi connectivity index (χ0n) is 22.5. The molecule has 0 aromatic rings. The van der Waals surface area contributed by atoms with Gasteiger partial charge in [-0.3, -0.25) is 0 Å². The maximum Gasteiger partial charge on any atom is 0.0466 e. The lowest BCUT2D eigenvalue weighted by atomic mass is 10.2. The Kier molecular flexibility index (Phi) is 46.0. The van der Waals surface area contributed by atoms with Crippen molar-refractivity contribution in [2.75, 3.05) is 52.9 Å². The minimum atomic E-state index is 0.844. The summed E-state index contributed by atoms with van der Waals surface area (Å²) in [6.45, 7) is 20.0. The van der Waals surface area contributed by atoms with Gasteiger partial charge in [-0.25, -0.2) is 0 Å². The second kappa shape index (κ2) is 40.2. The Morgan fingerprint density at radius 2 is 0.581 bits per heavy atom. The predicted octanol–water partition coefficient (Wildman–Crippen LogP) is 8.22. The van der Waals surface area contributed by atoms with Gasteiger partial charge in [0.2, 0.25) is 0 Å². The van der Waals surface area contributed by atoms with Gasteiger partial charge in [-0.1, -0.05) is 72.1 Å². The van der Waals surface area contributed by atoms with E-state index >= 15 is 0 Å². The second-order valence-electron chi connectivity index (χ2n) is 7.74. The lowest BCUT2D eigenvalue weighted by molar-refractivity contribution is 0.122. The standard InChI is InChI=1S/C13H28O2.C10H22O.C4H10O/c1-3-5-8-12-15-13-10-7-6-9-11-14-4-2;1-3-5-7-9-11-10-8-6-4-2;1-3-5-4-2/h3-13H2,1-2H3;3-10H2,1-2H3;3-4H2,1-2H3. The fourth-order valence-electron chi connectivity index (χ4n) is 2.68. The summed E-state index contributed by atoms with van der Waals surface area (Å²) >= 11 is 0. The highest BCUT2D eigenvalue weighted by Gasteiger charge is 1.92. The van der Waals surface area contributed by atoms with Crippen LogP contribution in [0.3, 0.4) is 0 Å². The third-order valence-electron chi connectivity index (χ3n) is 4.62. The molecule has 0 bridgehead atoms. The maximum absolute atomic E-state index is 5.53. The summed E-state index contributed by atoms with van der Waals surface area (Å²) in [6.07, 6.45) is 16.4. The molecule has 0 aromatic heterocycles. The molecule has 4 heteroatoms. The van der Waals surface area contributed by atoms with Crippen molar-refractivity contribution in [2.24, 2.45) is 0 Å². The van der Waals surface area contributed by atoms with Crippen LogP contribution in [0.4, 0.5) is 0 Å². The largest absolute Gasteiger partial charge is 0.382 e. The van der Waals surface area contributed by atoms with Gasteiger partial charge in [-0.15, -0.1) is 0 Å². The number of ether oxygens (including phenoxy) is 4. The van der Waals surface area contributed by atoms with E-state index in [-0.39, 0.29) is 0 Å². The molecule has 0 saturated carbocycles. The summed E-state index contributed by atoms with van der Waals surface area (Å²) in [4.78, 5) is 0. The van der Waals surface area contributed by atoms with Gasteiger partial charge in [0, 0.05) is 52.9 Å². The zero-order valence-corrected chi connectivity index (χ0v) is 22.5. The predicted molar refractivity (Wildman–Crippen MR) is 137 cm³/mol. The molecular weight excluding hydrogens is 388 g/mol. The summed E-state index contributed by atoms with van der Waals surface area (Å²) in [6, 6.07) is 0. The summed E-state index contributed by atoms with van der Waals surface area (Å²) in [5, 5.41) is 0. The molecule has 0 heterocycles. The van der Waals surface area contributed by atoms with E-state index in [2.05, 4.69) is 20.8 Å². The van der Waals surface area contributed by atoms with Crippen LogP contribution < -0.4 is 0 Å². The molecule has 0 fully saturated rings. The molecule has 0 aliphatic rings. The average Bonchev–Trinajstić information content (AvgIpc) is 2.78. The van der Waals surface area contributed by atoms with Crippen molar-refractivity contribution in [3.63, 3.8) is 0 Å². The van der Waals surface area contributed by atoms with Crippen molar-refractivity contribution in [1.29, 1.82) is 0 Å². The van der Waals surface area contributed by atoms with Gasteiger partial charge in [-0.2, -0.15) is 0 Å². The van der Waals surface area contributed by atoms with Gasteiger partial charge >= 0.3 is 0 Å². The summed E-state index contributed by atoms with van der Waals surface area (Å²) in [5.74, 6) is 0. The highest BCUT2D eigenvalue weighted by molar-refractivity contribution is 4.43. The van der Waals surface area contributed by atoms with Crippen molar-refractivity contribution in [3.05, 3.63) is 0 Å². The molecule has 0 saturated heterocycles. The highest BCUT2D eigenvalue weighted by atomic mass is 16.5. The maximum atomic E-state index is 5.53. The van der Waals surface area contributed by atoms with Crippen LogP contribution in [0.15, 0.2) is 0 Å². The molecule has 0 N–H and O–H groups in total. The molecule has 31 heavy (non-hydrogen) atoms. The summed E-state index contributed by atoms with van der Waals surface area (Å²) in [7, 11) is 0. The van der Waals surface area contributed by atoms with Gasteiger partial charge in [0.15, 0.2) is 0 Å². The molecule has 0 aliphatic heterocycles. The first-order chi connectivity index (χ1) is 15.2. The third-order valence-corrected chi connectivity index (χ3v) is 4.62. The van der Waals surface area contributed by atoms with Gasteiger partial charge < -0.3 is 18.9 Å². The molecule has 192 valence electrons. The van der Waals surface area contributed by atoms with Gasteiger partial charge in [-0.05, 0) is 52.9 Å². The normalized spacial score (nSPS) is 10.3. The van der Waals surface area contributed by atoms with E-state index in [0.29, 0.717) is 0 Å². The molecule has 0 radical (unpaired) electrons. The van der Waals surface area contributed by atoms with Gasteiger partial charge in [0.1, 0.15) is 0 Å². The van der Waals surface area contributed by atoms with E-state index in [1.54, 1.807) is 0 Å². The molecule has 0 aliphatic carbocycles. The van der Waals surface area contributed by atoms with Crippen LogP contribution in [0.2, 0.25) is 0 Å². The van der Waals surface area contributed by atoms with Crippen LogP contribution in [0.5, 0.6) is 0 Å². The van der Waals surface area contributed by atoms with Crippen LogP contribution in [0, 0.1) is 0 Å². The van der Waals surface area contributed by atoms with E-state index < -0.39 is 0 Å². The smallest absolute Gasteiger partial charge is 0.0466 e. The van der Waals surface area contributed by atoms with Gasteiger partial charge in [0.05, 0.1) is 0 Å². The molecule has 0 amide bonds. The number of unbranched alkanes of at least 4 members (excludes halogenated alkanes) is 9. The lowest BCUT2D eigenvalue weighted by Crippen LogP contribution is -1.98. The topological polar surface area (TPSA) is 36.9 Å². The SMILES string of the molecule is CCCCCOCCCCC.CCCCCOCCCCCCOCC.CCOCC. The monoisotopic (exact) mass is 448 g/mol. The van der Waals surface area contributed by atoms with E-state index in [1.807, 2.05) is 20.8 Å². The summed E-state index contributed by atoms with van der Waals surface area (Å²) in [5.41, 5.74) is 0. The Balaban J connectivity index is -0.000000428. The minimum Gasteiger partial charge on any atom is -0.382 e. The van der Waals surface area contributed by atoms with Crippen molar-refractivity contribution in [1.82, 2.24) is 0 Å². The molecule has 0 aromatic carbocycles. The lowest BCUT2D eigenvalue weighted by Gasteiger charge is -2.04. The molecule has 0 atom stereocenters. The molecule has 4 nitrogen and oxygen atoms in total. The van der Waals surface area contributed by atoms with E-state index in [0.717, 1.165) is 52.9 Å². The number of rotatable bonds is 22. The molecule has 0 rings (SSSR count). The second-order valence-corrected chi connectivity index (χ2v) is 7.74. The number of hydrogen-bond acceptors (Lipinski definition) is 4. The Morgan fingerprint density at radius 3 is 0.839 bits per heavy atom. The zero-order chi connectivity index (χ0) is 23.7. The minimum absolute atomic E-state index is 0.844. The van der Waals surface area contributed by atoms with Crippen LogP contribution in [0.25, 0.3) is 0 Å². The fourth-order valence-corrected chi connectivity index (χ4v) is 2.68. The summed E-state index contributed by atoms with van der Waals surface area (Å²) < 4.78 is 21.1.